The van der Waals surface area contributed by atoms with E-state index in [0.717, 1.165) is 35.6 Å². The fraction of sp³-hybridized carbons (Fsp3) is 0.400. The van der Waals surface area contributed by atoms with Gasteiger partial charge in [0.2, 0.25) is 0 Å². The number of halogens is 4. The normalized spacial score (nSPS) is 13.7. The second-order valence-corrected chi connectivity index (χ2v) is 9.94. The molecule has 0 fully saturated rings. The molecular formula is C30H39ClF3N3O2. The third-order valence-electron chi connectivity index (χ3n) is 6.78. The van der Waals surface area contributed by atoms with Gasteiger partial charge in [-0.05, 0) is 61.9 Å². The number of hydrogen-bond donors (Lipinski definition) is 1. The Kier molecular flexibility index (Phi) is 11.8. The molecule has 2 aromatic carbocycles. The van der Waals surface area contributed by atoms with Gasteiger partial charge in [-0.1, -0.05) is 55.9 Å². The maximum atomic E-state index is 12.9. The van der Waals surface area contributed by atoms with Crippen LogP contribution in [0.2, 0.25) is 5.02 Å². The van der Waals surface area contributed by atoms with Gasteiger partial charge in [0, 0.05) is 49.9 Å². The lowest BCUT2D eigenvalue weighted by molar-refractivity contribution is -0.274. The van der Waals surface area contributed by atoms with Gasteiger partial charge in [-0.2, -0.15) is 0 Å². The highest BCUT2D eigenvalue weighted by molar-refractivity contribution is 6.30. The summed E-state index contributed by atoms with van der Waals surface area (Å²) in [5, 5.41) is 11.2. The zero-order valence-corrected chi connectivity index (χ0v) is 24.1. The quantitative estimate of drug-likeness (QED) is 0.242. The highest BCUT2D eigenvalue weighted by Gasteiger charge is 2.33. The molecular weight excluding hydrogens is 527 g/mol. The molecule has 1 N–H and O–H groups in total. The van der Waals surface area contributed by atoms with E-state index >= 15 is 0 Å². The first-order valence-corrected chi connectivity index (χ1v) is 13.1. The van der Waals surface area contributed by atoms with Crippen molar-refractivity contribution in [3.63, 3.8) is 0 Å². The second kappa shape index (κ2) is 14.3. The molecule has 39 heavy (non-hydrogen) atoms. The summed E-state index contributed by atoms with van der Waals surface area (Å²) < 4.78 is 42.9. The monoisotopic (exact) mass is 565 g/mol. The van der Waals surface area contributed by atoms with Gasteiger partial charge >= 0.3 is 6.36 Å². The van der Waals surface area contributed by atoms with Gasteiger partial charge in [-0.3, -0.25) is 0 Å². The smallest absolute Gasteiger partial charge is 0.406 e. The summed E-state index contributed by atoms with van der Waals surface area (Å²) in [5.41, 5.74) is 3.97. The zero-order chi connectivity index (χ0) is 29.3. The van der Waals surface area contributed by atoms with Crippen LogP contribution in [0.1, 0.15) is 44.2 Å². The molecule has 0 aromatic heterocycles. The Balaban J connectivity index is 2.68. The van der Waals surface area contributed by atoms with E-state index in [2.05, 4.69) is 34.6 Å². The largest absolute Gasteiger partial charge is 0.573 e. The van der Waals surface area contributed by atoms with Crippen LogP contribution in [0.15, 0.2) is 85.0 Å². The summed E-state index contributed by atoms with van der Waals surface area (Å²) in [5.74, 6) is -0.879. The van der Waals surface area contributed by atoms with Crippen molar-refractivity contribution in [1.29, 1.82) is 0 Å². The van der Waals surface area contributed by atoms with E-state index in [0.29, 0.717) is 17.1 Å². The van der Waals surface area contributed by atoms with Gasteiger partial charge in [0.1, 0.15) is 5.75 Å². The summed E-state index contributed by atoms with van der Waals surface area (Å²) in [6.45, 7) is 15.2. The lowest BCUT2D eigenvalue weighted by atomic mass is 9.90. The fourth-order valence-electron chi connectivity index (χ4n) is 4.45. The third-order valence-corrected chi connectivity index (χ3v) is 7.03. The van der Waals surface area contributed by atoms with Crippen LogP contribution >= 0.6 is 11.6 Å². The Bertz CT molecular complexity index is 1140. The van der Waals surface area contributed by atoms with Crippen LogP contribution in [-0.4, -0.2) is 59.5 Å². The van der Waals surface area contributed by atoms with Gasteiger partial charge in [-0.25, -0.2) is 0 Å². The SMILES string of the molecule is C=CN(C)/C(C)=C(\C(=C)N(C)CCC)N(Cc1ccc(Cl)cc1)C(C)C(CO)c1cccc(OC(F)(F)F)c1. The van der Waals surface area contributed by atoms with Crippen molar-refractivity contribution >= 4 is 11.6 Å². The maximum Gasteiger partial charge on any atom is 0.573 e. The molecule has 5 nitrogen and oxygen atoms in total. The van der Waals surface area contributed by atoms with E-state index in [4.69, 9.17) is 11.6 Å². The predicted molar refractivity (Wildman–Crippen MR) is 152 cm³/mol. The lowest BCUT2D eigenvalue weighted by Crippen LogP contribution is -2.41. The van der Waals surface area contributed by atoms with Crippen molar-refractivity contribution in [1.82, 2.24) is 14.7 Å². The minimum Gasteiger partial charge on any atom is -0.406 e. The highest BCUT2D eigenvalue weighted by Crippen LogP contribution is 2.34. The summed E-state index contributed by atoms with van der Waals surface area (Å²) in [6.07, 6.45) is -2.20. The highest BCUT2D eigenvalue weighted by atomic mass is 35.5. The number of aliphatic hydroxyl groups excluding tert-OH is 1. The predicted octanol–water partition coefficient (Wildman–Crippen LogP) is 7.37. The number of likely N-dealkylation sites (N-methyl/N-ethyl adjacent to an activating group) is 1. The standard InChI is InChI=1S/C30H39ClF3N3O2/c1-8-17-36(7)23(5)29(22(4)35(6)9-2)37(19-24-13-15-26(31)16-14-24)21(3)28(20-38)25-11-10-12-27(18-25)39-30(32,33)34/h9-16,18,21,28,38H,2,5,8,17,19-20H2,1,3-4,6-7H3/b29-22+. The average Bonchev–Trinajstić information content (AvgIpc) is 2.88. The molecule has 0 heterocycles. The molecule has 0 spiro atoms. The molecule has 9 heteroatoms. The molecule has 2 unspecified atom stereocenters. The van der Waals surface area contributed by atoms with E-state index in [9.17, 15) is 18.3 Å². The number of benzene rings is 2. The van der Waals surface area contributed by atoms with Crippen LogP contribution in [0.4, 0.5) is 13.2 Å². The molecule has 2 aromatic rings. The van der Waals surface area contributed by atoms with E-state index in [-0.39, 0.29) is 18.4 Å². The number of ether oxygens (including phenoxy) is 1. The summed E-state index contributed by atoms with van der Waals surface area (Å²) in [4.78, 5) is 6.10. The molecule has 2 rings (SSSR count). The van der Waals surface area contributed by atoms with Crippen LogP contribution in [0, 0.1) is 0 Å². The lowest BCUT2D eigenvalue weighted by Gasteiger charge is -2.41. The van der Waals surface area contributed by atoms with Crippen molar-refractivity contribution in [3.8, 4) is 5.75 Å². The van der Waals surface area contributed by atoms with Crippen molar-refractivity contribution in [2.75, 3.05) is 27.2 Å². The molecule has 0 saturated carbocycles. The Labute approximate surface area is 235 Å². The van der Waals surface area contributed by atoms with E-state index < -0.39 is 12.3 Å². The van der Waals surface area contributed by atoms with Crippen LogP contribution < -0.4 is 4.74 Å². The number of hydrogen-bond acceptors (Lipinski definition) is 5. The Hall–Kier alpha value is -3.10. The van der Waals surface area contributed by atoms with Crippen molar-refractivity contribution < 1.29 is 23.0 Å². The molecule has 0 saturated heterocycles. The maximum absolute atomic E-state index is 12.9. The number of alkyl halides is 3. The number of aliphatic hydroxyl groups is 1. The summed E-state index contributed by atoms with van der Waals surface area (Å²) in [7, 11) is 3.86. The zero-order valence-electron chi connectivity index (χ0n) is 23.3. The topological polar surface area (TPSA) is 39.2 Å². The van der Waals surface area contributed by atoms with Crippen LogP contribution in [-0.2, 0) is 6.54 Å². The first kappa shape index (κ1) is 32.1. The van der Waals surface area contributed by atoms with Crippen molar-refractivity contribution in [2.45, 2.75) is 52.1 Å². The first-order chi connectivity index (χ1) is 18.3. The van der Waals surface area contributed by atoms with Crippen LogP contribution in [0.5, 0.6) is 5.75 Å². The molecule has 0 amide bonds. The molecule has 214 valence electrons. The Morgan fingerprint density at radius 3 is 2.33 bits per heavy atom. The number of nitrogens with zero attached hydrogens (tertiary/aromatic N) is 3. The minimum atomic E-state index is -4.82. The Morgan fingerprint density at radius 2 is 1.79 bits per heavy atom. The number of allylic oxidation sites excluding steroid dienone is 1. The van der Waals surface area contributed by atoms with Crippen LogP contribution in [0.3, 0.4) is 0 Å². The first-order valence-electron chi connectivity index (χ1n) is 12.8. The molecule has 0 radical (unpaired) electrons. The van der Waals surface area contributed by atoms with Gasteiger partial charge in [0.15, 0.2) is 0 Å². The number of rotatable bonds is 14. The molecule has 2 atom stereocenters. The molecule has 0 aliphatic carbocycles. The van der Waals surface area contributed by atoms with Gasteiger partial charge in [0.25, 0.3) is 0 Å². The van der Waals surface area contributed by atoms with Crippen LogP contribution in [0.25, 0.3) is 0 Å². The van der Waals surface area contributed by atoms with E-state index in [1.54, 1.807) is 12.3 Å². The van der Waals surface area contributed by atoms with Gasteiger partial charge in [0.05, 0.1) is 18.0 Å². The summed E-state index contributed by atoms with van der Waals surface area (Å²) in [6, 6.07) is 12.9. The average molecular weight is 566 g/mol. The molecule has 0 bridgehead atoms. The molecule has 0 aliphatic rings. The van der Waals surface area contributed by atoms with Gasteiger partial charge < -0.3 is 24.5 Å². The third kappa shape index (κ3) is 8.97. The minimum absolute atomic E-state index is 0.297. The van der Waals surface area contributed by atoms with E-state index in [1.165, 1.54) is 18.2 Å². The second-order valence-electron chi connectivity index (χ2n) is 9.50. The molecule has 0 aliphatic heterocycles. The summed E-state index contributed by atoms with van der Waals surface area (Å²) >= 11 is 6.14. The fourth-order valence-corrected chi connectivity index (χ4v) is 4.57. The Morgan fingerprint density at radius 1 is 1.15 bits per heavy atom. The van der Waals surface area contributed by atoms with E-state index in [1.807, 2.05) is 57.1 Å². The van der Waals surface area contributed by atoms with Crippen molar-refractivity contribution in [2.24, 2.45) is 0 Å². The van der Waals surface area contributed by atoms with Crippen molar-refractivity contribution in [3.05, 3.63) is 101 Å². The van der Waals surface area contributed by atoms with Gasteiger partial charge in [-0.15, -0.1) is 13.2 Å².